The van der Waals surface area contributed by atoms with Gasteiger partial charge in [0.25, 0.3) is 0 Å². The van der Waals surface area contributed by atoms with Gasteiger partial charge in [0.2, 0.25) is 0 Å². The number of thiophene rings is 1. The number of para-hydroxylation sites is 2. The first-order valence-electron chi connectivity index (χ1n) is 13.8. The normalized spacial score (nSPS) is 13.5. The molecule has 0 aliphatic rings. The summed E-state index contributed by atoms with van der Waals surface area (Å²) >= 11 is 1.81. The molecule has 2 nitrogen and oxygen atoms in total. The third kappa shape index (κ3) is 2.95. The van der Waals surface area contributed by atoms with E-state index in [-0.39, 0.29) is 5.82 Å². The van der Waals surface area contributed by atoms with Crippen LogP contribution in [0.15, 0.2) is 115 Å². The fourth-order valence-electron chi connectivity index (χ4n) is 5.79. The Bertz CT molecular complexity index is 2220. The monoisotopic (exact) mass is 493 g/mol. The minimum absolute atomic E-state index is 0.0721. The summed E-state index contributed by atoms with van der Waals surface area (Å²) in [6.07, 6.45) is 0. The molecule has 0 unspecified atom stereocenters. The predicted molar refractivity (Wildman–Crippen MR) is 159 cm³/mol. The van der Waals surface area contributed by atoms with E-state index < -0.39 is 6.85 Å². The van der Waals surface area contributed by atoms with Gasteiger partial charge >= 0.3 is 0 Å². The van der Waals surface area contributed by atoms with Gasteiger partial charge in [-0.1, -0.05) is 84.9 Å². The molecule has 0 spiro atoms. The summed E-state index contributed by atoms with van der Waals surface area (Å²) in [6, 6.07) is 39.6. The molecule has 0 radical (unpaired) electrons. The quantitative estimate of drug-likeness (QED) is 0.219. The lowest BCUT2D eigenvalue weighted by Gasteiger charge is -2.19. The molecule has 3 heteroatoms. The molecule has 0 saturated heterocycles. The number of rotatable bonds is 2. The van der Waals surface area contributed by atoms with Gasteiger partial charge in [-0.3, -0.25) is 4.57 Å². The van der Waals surface area contributed by atoms with Crippen molar-refractivity contribution in [2.45, 2.75) is 6.85 Å². The van der Waals surface area contributed by atoms with Crippen LogP contribution in [0, 0.1) is 6.85 Å². The summed E-state index contributed by atoms with van der Waals surface area (Å²) in [4.78, 5) is 4.61. The Morgan fingerprint density at radius 2 is 1.24 bits per heavy atom. The zero-order valence-electron chi connectivity index (χ0n) is 22.8. The maximum absolute atomic E-state index is 8.37. The third-order valence-electron chi connectivity index (χ3n) is 7.35. The number of benzene rings is 6. The molecule has 8 aromatic rings. The molecule has 0 bridgehead atoms. The van der Waals surface area contributed by atoms with Crippen LogP contribution in [0.25, 0.3) is 69.6 Å². The molecular weight excluding hydrogens is 468 g/mol. The van der Waals surface area contributed by atoms with E-state index in [2.05, 4.69) is 83.8 Å². The molecule has 0 aliphatic heterocycles. The van der Waals surface area contributed by atoms with Crippen LogP contribution in [-0.4, -0.2) is 9.55 Å². The average molecular weight is 494 g/mol. The van der Waals surface area contributed by atoms with Crippen LogP contribution in [0.3, 0.4) is 0 Å². The Hall–Kier alpha value is -4.47. The Labute approximate surface area is 222 Å². The molecule has 0 fully saturated rings. The highest BCUT2D eigenvalue weighted by Gasteiger charge is 2.19. The van der Waals surface area contributed by atoms with Crippen molar-refractivity contribution in [2.75, 3.05) is 0 Å². The average Bonchev–Trinajstić information content (AvgIpc) is 3.54. The summed E-state index contributed by atoms with van der Waals surface area (Å²) in [6.45, 7) is -2.38. The number of aryl methyl sites for hydroxylation is 1. The fourth-order valence-corrected chi connectivity index (χ4v) is 6.88. The van der Waals surface area contributed by atoms with Gasteiger partial charge in [-0.15, -0.1) is 11.3 Å². The minimum atomic E-state index is -2.38. The number of imidazole rings is 1. The molecule has 6 aromatic carbocycles. The summed E-state index contributed by atoms with van der Waals surface area (Å²) in [7, 11) is 0. The van der Waals surface area contributed by atoms with Crippen molar-refractivity contribution in [2.24, 2.45) is 0 Å². The van der Waals surface area contributed by atoms with Crippen LogP contribution in [-0.2, 0) is 0 Å². The van der Waals surface area contributed by atoms with Gasteiger partial charge < -0.3 is 0 Å². The highest BCUT2D eigenvalue weighted by Crippen LogP contribution is 2.44. The fraction of sp³-hybridized carbons (Fsp3) is 0.0294. The molecule has 2 heterocycles. The van der Waals surface area contributed by atoms with Crippen molar-refractivity contribution in [1.29, 1.82) is 0 Å². The number of hydrogen-bond donors (Lipinski definition) is 0. The predicted octanol–water partition coefficient (Wildman–Crippen LogP) is 9.68. The lowest BCUT2D eigenvalue weighted by molar-refractivity contribution is 1.02. The molecule has 0 saturated carbocycles. The van der Waals surface area contributed by atoms with Gasteiger partial charge in [-0.25, -0.2) is 4.98 Å². The maximum Gasteiger partial charge on any atom is 0.111 e. The van der Waals surface area contributed by atoms with Gasteiger partial charge in [0.05, 0.1) is 16.7 Å². The van der Waals surface area contributed by atoms with Gasteiger partial charge in [0.15, 0.2) is 0 Å². The smallest absolute Gasteiger partial charge is 0.111 e. The largest absolute Gasteiger partial charge is 0.295 e. The second kappa shape index (κ2) is 7.76. The van der Waals surface area contributed by atoms with Crippen molar-refractivity contribution in [3.05, 3.63) is 121 Å². The zero-order chi connectivity index (χ0) is 27.0. The molecular formula is C34H22N2S. The van der Waals surface area contributed by atoms with E-state index in [9.17, 15) is 0 Å². The van der Waals surface area contributed by atoms with Crippen molar-refractivity contribution < 1.29 is 4.11 Å². The Balaban J connectivity index is 1.53. The van der Waals surface area contributed by atoms with Crippen molar-refractivity contribution in [1.82, 2.24) is 9.55 Å². The summed E-state index contributed by atoms with van der Waals surface area (Å²) in [5.74, 6) is 0.0721. The SMILES string of the molecule is [2H]C([2H])([2H])c1nc2ccccc2n1-c1c2ccccc2c(-c2ccc3sc4ccccc4c3c2)c2ccccc12. The van der Waals surface area contributed by atoms with Gasteiger partial charge in [-0.2, -0.15) is 0 Å². The topological polar surface area (TPSA) is 17.8 Å². The second-order valence-electron chi connectivity index (χ2n) is 9.38. The van der Waals surface area contributed by atoms with Crippen LogP contribution in [0.2, 0.25) is 0 Å². The van der Waals surface area contributed by atoms with Crippen molar-refractivity contribution >= 4 is 64.1 Å². The maximum atomic E-state index is 8.37. The molecule has 8 rings (SSSR count). The summed E-state index contributed by atoms with van der Waals surface area (Å²) < 4.78 is 29.5. The lowest BCUT2D eigenvalue weighted by Crippen LogP contribution is -2.01. The number of nitrogens with zero attached hydrogens (tertiary/aromatic N) is 2. The van der Waals surface area contributed by atoms with Crippen LogP contribution in [0.1, 0.15) is 9.94 Å². The van der Waals surface area contributed by atoms with Crippen molar-refractivity contribution in [3.63, 3.8) is 0 Å². The van der Waals surface area contributed by atoms with Crippen LogP contribution in [0.5, 0.6) is 0 Å². The number of fused-ring (bicyclic) bond motifs is 6. The Kier molecular flexibility index (Phi) is 3.75. The van der Waals surface area contributed by atoms with E-state index in [0.717, 1.165) is 43.9 Å². The Morgan fingerprint density at radius 1 is 0.622 bits per heavy atom. The molecule has 174 valence electrons. The lowest BCUT2D eigenvalue weighted by atomic mass is 9.90. The number of hydrogen-bond acceptors (Lipinski definition) is 2. The molecule has 0 N–H and O–H groups in total. The van der Waals surface area contributed by atoms with Crippen molar-refractivity contribution in [3.8, 4) is 16.8 Å². The molecule has 0 atom stereocenters. The van der Waals surface area contributed by atoms with E-state index in [1.165, 1.54) is 20.2 Å². The molecule has 2 aromatic heterocycles. The van der Waals surface area contributed by atoms with Crippen LogP contribution >= 0.6 is 11.3 Å². The van der Waals surface area contributed by atoms with Crippen LogP contribution < -0.4 is 0 Å². The van der Waals surface area contributed by atoms with E-state index in [4.69, 9.17) is 4.11 Å². The van der Waals surface area contributed by atoms with Crippen LogP contribution in [0.4, 0.5) is 0 Å². The van der Waals surface area contributed by atoms with E-state index >= 15 is 0 Å². The minimum Gasteiger partial charge on any atom is -0.295 e. The van der Waals surface area contributed by atoms with Gasteiger partial charge in [0.1, 0.15) is 5.82 Å². The Morgan fingerprint density at radius 3 is 2.00 bits per heavy atom. The second-order valence-corrected chi connectivity index (χ2v) is 10.5. The highest BCUT2D eigenvalue weighted by molar-refractivity contribution is 7.25. The van der Waals surface area contributed by atoms with Gasteiger partial charge in [-0.05, 0) is 59.1 Å². The molecule has 0 amide bonds. The summed E-state index contributed by atoms with van der Waals surface area (Å²) in [5, 5.41) is 6.64. The highest BCUT2D eigenvalue weighted by atomic mass is 32.1. The summed E-state index contributed by atoms with van der Waals surface area (Å²) in [5.41, 5.74) is 4.58. The first-order chi connectivity index (χ1) is 19.5. The van der Waals surface area contributed by atoms with E-state index in [1.54, 1.807) is 0 Å². The van der Waals surface area contributed by atoms with E-state index in [0.29, 0.717) is 5.52 Å². The zero-order valence-corrected chi connectivity index (χ0v) is 20.6. The number of aromatic nitrogens is 2. The molecule has 37 heavy (non-hydrogen) atoms. The van der Waals surface area contributed by atoms with E-state index in [1.807, 2.05) is 52.3 Å². The molecule has 0 aliphatic carbocycles. The van der Waals surface area contributed by atoms with Gasteiger partial charge in [0, 0.05) is 35.1 Å². The first-order valence-corrected chi connectivity index (χ1v) is 13.1. The first kappa shape index (κ1) is 17.9. The standard InChI is InChI=1S/C34H22N2S/c1-21-35-29-15-7-8-16-30(29)36(21)34-26-13-4-2-11-24(26)33(25-12-3-5-14-27(25)34)22-18-19-32-28(20-22)23-10-6-9-17-31(23)37-32/h2-20H,1H3/i1D3. The third-order valence-corrected chi connectivity index (χ3v) is 8.50.